The zero-order valence-electron chi connectivity index (χ0n) is 10.6. The summed E-state index contributed by atoms with van der Waals surface area (Å²) in [6.07, 6.45) is 4.96. The van der Waals surface area contributed by atoms with Gasteiger partial charge in [0.1, 0.15) is 5.82 Å². The molecule has 0 bridgehead atoms. The van der Waals surface area contributed by atoms with E-state index in [1.54, 1.807) is 23.9 Å². The Bertz CT molecular complexity index is 581. The van der Waals surface area contributed by atoms with E-state index < -0.39 is 0 Å². The van der Waals surface area contributed by atoms with Crippen LogP contribution in [0.3, 0.4) is 0 Å². The van der Waals surface area contributed by atoms with Gasteiger partial charge < -0.3 is 4.90 Å². The first-order valence-corrected chi connectivity index (χ1v) is 7.71. The summed E-state index contributed by atoms with van der Waals surface area (Å²) in [4.78, 5) is 7.17. The Morgan fingerprint density at radius 2 is 2.16 bits per heavy atom. The second-order valence-corrected chi connectivity index (χ2v) is 6.17. The van der Waals surface area contributed by atoms with Crippen LogP contribution in [0.4, 0.5) is 4.39 Å². The molecule has 98 valence electrons. The van der Waals surface area contributed by atoms with Gasteiger partial charge in [-0.15, -0.1) is 0 Å². The molecule has 2 nitrogen and oxygen atoms in total. The molecule has 0 radical (unpaired) electrons. The summed E-state index contributed by atoms with van der Waals surface area (Å²) in [7, 11) is 0. The van der Waals surface area contributed by atoms with E-state index in [4.69, 9.17) is 4.99 Å². The lowest BCUT2D eigenvalue weighted by Gasteiger charge is -2.32. The minimum Gasteiger partial charge on any atom is -0.315 e. The predicted octanol–water partition coefficient (Wildman–Crippen LogP) is 3.85. The van der Waals surface area contributed by atoms with Crippen molar-refractivity contribution in [2.75, 3.05) is 0 Å². The molecule has 1 aromatic carbocycles. The lowest BCUT2D eigenvalue weighted by Crippen LogP contribution is -2.38. The molecule has 1 saturated carbocycles. The van der Waals surface area contributed by atoms with Crippen molar-refractivity contribution in [1.29, 1.82) is 0 Å². The van der Waals surface area contributed by atoms with Crippen LogP contribution in [0.1, 0.15) is 31.2 Å². The lowest BCUT2D eigenvalue weighted by atomic mass is 9.90. The Morgan fingerprint density at radius 3 is 3.05 bits per heavy atom. The Balaban J connectivity index is 1.70. The van der Waals surface area contributed by atoms with Gasteiger partial charge in [-0.2, -0.15) is 0 Å². The highest BCUT2D eigenvalue weighted by Crippen LogP contribution is 2.43. The Hall–Kier alpha value is -1.29. The highest BCUT2D eigenvalue weighted by Gasteiger charge is 2.42. The van der Waals surface area contributed by atoms with Crippen molar-refractivity contribution < 1.29 is 4.39 Å². The third-order valence-electron chi connectivity index (χ3n) is 4.16. The minimum atomic E-state index is -0.173. The molecule has 1 aliphatic carbocycles. The third kappa shape index (κ3) is 1.81. The summed E-state index contributed by atoms with van der Waals surface area (Å²) in [5.74, 6) is -0.173. The predicted molar refractivity (Wildman–Crippen MR) is 77.3 cm³/mol. The molecule has 3 aliphatic rings. The quantitative estimate of drug-likeness (QED) is 0.773. The van der Waals surface area contributed by atoms with Gasteiger partial charge in [-0.3, -0.25) is 4.99 Å². The van der Waals surface area contributed by atoms with Gasteiger partial charge in [-0.05, 0) is 25.0 Å². The molecule has 2 heterocycles. The van der Waals surface area contributed by atoms with Gasteiger partial charge in [0.05, 0.1) is 17.8 Å². The van der Waals surface area contributed by atoms with Gasteiger partial charge in [0.15, 0.2) is 5.17 Å². The van der Waals surface area contributed by atoms with Gasteiger partial charge in [0, 0.05) is 11.0 Å². The number of thioether (sulfide) groups is 1. The molecule has 2 atom stereocenters. The molecule has 4 heteroatoms. The van der Waals surface area contributed by atoms with Crippen LogP contribution in [0.15, 0.2) is 34.7 Å². The minimum absolute atomic E-state index is 0.173. The zero-order valence-corrected chi connectivity index (χ0v) is 11.4. The number of nitrogens with zero attached hydrogens (tertiary/aromatic N) is 2. The van der Waals surface area contributed by atoms with E-state index in [-0.39, 0.29) is 5.82 Å². The molecular formula is C15H15FN2S. The van der Waals surface area contributed by atoms with E-state index in [0.29, 0.717) is 12.1 Å². The topological polar surface area (TPSA) is 15.6 Å². The van der Waals surface area contributed by atoms with Crippen LogP contribution in [0.2, 0.25) is 0 Å². The van der Waals surface area contributed by atoms with Crippen LogP contribution in [-0.2, 0) is 0 Å². The second kappa shape index (κ2) is 4.37. The summed E-state index contributed by atoms with van der Waals surface area (Å²) in [6.45, 7) is 0. The fraction of sp³-hybridized carbons (Fsp3) is 0.400. The fourth-order valence-electron chi connectivity index (χ4n) is 3.28. The van der Waals surface area contributed by atoms with Crippen LogP contribution in [-0.4, -0.2) is 22.2 Å². The monoisotopic (exact) mass is 274 g/mol. The number of amidine groups is 1. The van der Waals surface area contributed by atoms with Crippen molar-refractivity contribution >= 4 is 22.6 Å². The van der Waals surface area contributed by atoms with E-state index in [1.165, 1.54) is 31.7 Å². The summed E-state index contributed by atoms with van der Waals surface area (Å²) in [6, 6.07) is 7.82. The molecule has 0 unspecified atom stereocenters. The molecular weight excluding hydrogens is 259 g/mol. The number of benzene rings is 1. The number of halogens is 1. The third-order valence-corrected chi connectivity index (χ3v) is 5.02. The SMILES string of the molecule is Fc1cccc(C2=CSC3=N[C@H]4CCCC[C@@H]4N23)c1. The zero-order chi connectivity index (χ0) is 12.8. The highest BCUT2D eigenvalue weighted by atomic mass is 32.2. The number of rotatable bonds is 1. The smallest absolute Gasteiger partial charge is 0.168 e. The summed E-state index contributed by atoms with van der Waals surface area (Å²) < 4.78 is 13.4. The van der Waals surface area contributed by atoms with Gasteiger partial charge >= 0.3 is 0 Å². The molecule has 0 N–H and O–H groups in total. The summed E-state index contributed by atoms with van der Waals surface area (Å²) in [5, 5.41) is 3.22. The number of hydrogen-bond acceptors (Lipinski definition) is 3. The van der Waals surface area contributed by atoms with Crippen LogP contribution in [0.25, 0.3) is 5.70 Å². The van der Waals surface area contributed by atoms with E-state index in [1.807, 2.05) is 6.07 Å². The number of fused-ring (bicyclic) bond motifs is 3. The standard InChI is InChI=1S/C15H15FN2S/c16-11-5-3-4-10(8-11)14-9-19-15-17-12-6-1-2-7-13(12)18(14)15/h3-5,8-9,12-13H,1-2,6-7H2/t12-,13-/m0/s1. The second-order valence-electron chi connectivity index (χ2n) is 5.33. The van der Waals surface area contributed by atoms with Crippen molar-refractivity contribution in [2.45, 2.75) is 37.8 Å². The largest absolute Gasteiger partial charge is 0.315 e. The maximum Gasteiger partial charge on any atom is 0.168 e. The molecule has 0 saturated heterocycles. The van der Waals surface area contributed by atoms with Gasteiger partial charge in [0.2, 0.25) is 0 Å². The van der Waals surface area contributed by atoms with Gasteiger partial charge in [0.25, 0.3) is 0 Å². The van der Waals surface area contributed by atoms with Crippen LogP contribution in [0.5, 0.6) is 0 Å². The Kier molecular flexibility index (Phi) is 2.65. The van der Waals surface area contributed by atoms with Crippen molar-refractivity contribution in [2.24, 2.45) is 4.99 Å². The molecule has 2 aliphatic heterocycles. The van der Waals surface area contributed by atoms with Crippen LogP contribution < -0.4 is 0 Å². The van der Waals surface area contributed by atoms with E-state index in [0.717, 1.165) is 16.4 Å². The maximum absolute atomic E-state index is 13.4. The summed E-state index contributed by atoms with van der Waals surface area (Å²) >= 11 is 1.68. The first kappa shape index (κ1) is 11.5. The Labute approximate surface area is 116 Å². The number of aliphatic imine (C=N–C) groups is 1. The van der Waals surface area contributed by atoms with E-state index >= 15 is 0 Å². The molecule has 4 rings (SSSR count). The van der Waals surface area contributed by atoms with E-state index in [2.05, 4.69) is 10.3 Å². The first-order chi connectivity index (χ1) is 9.33. The van der Waals surface area contributed by atoms with Gasteiger partial charge in [-0.25, -0.2) is 4.39 Å². The van der Waals surface area contributed by atoms with Crippen molar-refractivity contribution in [1.82, 2.24) is 4.90 Å². The fourth-order valence-corrected chi connectivity index (χ4v) is 4.29. The molecule has 1 aromatic rings. The average molecular weight is 274 g/mol. The van der Waals surface area contributed by atoms with Crippen LogP contribution >= 0.6 is 11.8 Å². The van der Waals surface area contributed by atoms with Crippen molar-refractivity contribution in [3.8, 4) is 0 Å². The number of hydrogen-bond donors (Lipinski definition) is 0. The lowest BCUT2D eigenvalue weighted by molar-refractivity contribution is 0.305. The van der Waals surface area contributed by atoms with Crippen molar-refractivity contribution in [3.05, 3.63) is 41.1 Å². The molecule has 0 spiro atoms. The molecule has 0 amide bonds. The maximum atomic E-state index is 13.4. The average Bonchev–Trinajstić information content (AvgIpc) is 2.97. The van der Waals surface area contributed by atoms with Crippen LogP contribution in [0, 0.1) is 5.82 Å². The first-order valence-electron chi connectivity index (χ1n) is 6.83. The van der Waals surface area contributed by atoms with Crippen molar-refractivity contribution in [3.63, 3.8) is 0 Å². The molecule has 1 fully saturated rings. The highest BCUT2D eigenvalue weighted by molar-refractivity contribution is 8.16. The summed E-state index contributed by atoms with van der Waals surface area (Å²) in [5.41, 5.74) is 2.08. The van der Waals surface area contributed by atoms with E-state index in [9.17, 15) is 4.39 Å². The molecule has 0 aromatic heterocycles. The molecule has 19 heavy (non-hydrogen) atoms. The van der Waals surface area contributed by atoms with Gasteiger partial charge in [-0.1, -0.05) is 36.7 Å². The Morgan fingerprint density at radius 1 is 1.26 bits per heavy atom. The normalized spacial score (nSPS) is 28.8.